The van der Waals surface area contributed by atoms with E-state index in [-0.39, 0.29) is 25.7 Å². The van der Waals surface area contributed by atoms with E-state index in [2.05, 4.69) is 55.4 Å². The summed E-state index contributed by atoms with van der Waals surface area (Å²) in [6.07, 6.45) is 61.3. The fraction of sp³-hybridized carbons (Fsp3) is 0.952. The zero-order valence-corrected chi connectivity index (χ0v) is 69.7. The predicted octanol–water partition coefficient (Wildman–Crippen LogP) is 25.2. The molecular formula is C84H164O17P2. The van der Waals surface area contributed by atoms with E-state index in [1.807, 2.05) is 0 Å². The van der Waals surface area contributed by atoms with E-state index in [1.54, 1.807) is 0 Å². The molecule has 0 heterocycles. The Balaban J connectivity index is 5.21. The molecule has 0 aliphatic rings. The summed E-state index contributed by atoms with van der Waals surface area (Å²) in [6.45, 7) is 14.3. The smallest absolute Gasteiger partial charge is 0.462 e. The van der Waals surface area contributed by atoms with Gasteiger partial charge in [-0.25, -0.2) is 9.13 Å². The summed E-state index contributed by atoms with van der Waals surface area (Å²) in [5.74, 6) is 1.01. The quantitative estimate of drug-likeness (QED) is 0.0222. The van der Waals surface area contributed by atoms with E-state index in [9.17, 15) is 43.2 Å². The number of carbonyl (C=O) groups excluding carboxylic acids is 4. The second-order valence-electron chi connectivity index (χ2n) is 31.9. The molecule has 4 unspecified atom stereocenters. The maximum absolute atomic E-state index is 13.1. The van der Waals surface area contributed by atoms with Crippen LogP contribution in [0.3, 0.4) is 0 Å². The summed E-state index contributed by atoms with van der Waals surface area (Å²) >= 11 is 0. The van der Waals surface area contributed by atoms with Crippen molar-refractivity contribution in [3.8, 4) is 0 Å². The van der Waals surface area contributed by atoms with Crippen molar-refractivity contribution in [1.82, 2.24) is 0 Å². The zero-order chi connectivity index (χ0) is 76.0. The molecule has 0 radical (unpaired) electrons. The predicted molar refractivity (Wildman–Crippen MR) is 423 cm³/mol. The lowest BCUT2D eigenvalue weighted by Gasteiger charge is -2.21. The summed E-state index contributed by atoms with van der Waals surface area (Å²) in [7, 11) is -9.92. The van der Waals surface area contributed by atoms with Crippen LogP contribution in [-0.2, 0) is 65.4 Å². The Hall–Kier alpha value is -1.94. The van der Waals surface area contributed by atoms with Gasteiger partial charge in [0.1, 0.15) is 19.3 Å². The highest BCUT2D eigenvalue weighted by Gasteiger charge is 2.30. The number of phosphoric acid groups is 2. The highest BCUT2D eigenvalue weighted by molar-refractivity contribution is 7.47. The average Bonchev–Trinajstić information content (AvgIpc) is 0.915. The highest BCUT2D eigenvalue weighted by atomic mass is 31.2. The van der Waals surface area contributed by atoms with E-state index in [0.717, 1.165) is 114 Å². The highest BCUT2D eigenvalue weighted by Crippen LogP contribution is 2.45. The maximum Gasteiger partial charge on any atom is 0.472 e. The molecule has 0 amide bonds. The molecule has 0 saturated heterocycles. The van der Waals surface area contributed by atoms with Crippen molar-refractivity contribution in [2.24, 2.45) is 23.7 Å². The largest absolute Gasteiger partial charge is 0.472 e. The molecule has 0 aromatic rings. The van der Waals surface area contributed by atoms with Gasteiger partial charge >= 0.3 is 39.5 Å². The van der Waals surface area contributed by atoms with Crippen LogP contribution in [-0.4, -0.2) is 96.7 Å². The molecule has 17 nitrogen and oxygen atoms in total. The Morgan fingerprint density at radius 1 is 0.272 bits per heavy atom. The van der Waals surface area contributed by atoms with Gasteiger partial charge in [0.25, 0.3) is 0 Å². The first-order valence-electron chi connectivity index (χ1n) is 43.2. The van der Waals surface area contributed by atoms with Gasteiger partial charge in [0.15, 0.2) is 12.2 Å². The molecule has 3 N–H and O–H groups in total. The number of hydrogen-bond donors (Lipinski definition) is 3. The Kier molecular flexibility index (Phi) is 71.5. The van der Waals surface area contributed by atoms with Crippen LogP contribution in [0.1, 0.15) is 434 Å². The number of phosphoric ester groups is 2. The van der Waals surface area contributed by atoms with Gasteiger partial charge in [-0.1, -0.05) is 383 Å². The van der Waals surface area contributed by atoms with Gasteiger partial charge < -0.3 is 33.8 Å². The number of ether oxygens (including phenoxy) is 4. The molecule has 0 saturated carbocycles. The average molecular weight is 1510 g/mol. The molecule has 0 fully saturated rings. The van der Waals surface area contributed by atoms with E-state index in [1.165, 1.54) is 238 Å². The van der Waals surface area contributed by atoms with Gasteiger partial charge in [-0.3, -0.25) is 37.3 Å². The van der Waals surface area contributed by atoms with Crippen LogP contribution < -0.4 is 0 Å². The molecule has 19 heteroatoms. The van der Waals surface area contributed by atoms with Gasteiger partial charge in [0.2, 0.25) is 0 Å². The Morgan fingerprint density at radius 2 is 0.466 bits per heavy atom. The third-order valence-electron chi connectivity index (χ3n) is 19.9. The summed E-state index contributed by atoms with van der Waals surface area (Å²) in [5.41, 5.74) is 0. The Morgan fingerprint density at radius 3 is 0.689 bits per heavy atom. The van der Waals surface area contributed by atoms with Crippen molar-refractivity contribution in [3.63, 3.8) is 0 Å². The van der Waals surface area contributed by atoms with E-state index in [4.69, 9.17) is 37.0 Å². The minimum absolute atomic E-state index is 0.104. The summed E-state index contributed by atoms with van der Waals surface area (Å²) in [5, 5.41) is 10.7. The van der Waals surface area contributed by atoms with Crippen LogP contribution in [0, 0.1) is 23.7 Å². The molecule has 0 bridgehead atoms. The van der Waals surface area contributed by atoms with Crippen molar-refractivity contribution in [2.45, 2.75) is 453 Å². The monoisotopic (exact) mass is 1510 g/mol. The lowest BCUT2D eigenvalue weighted by Crippen LogP contribution is -2.30. The standard InChI is InChI=1S/C84H164O17P2/c1-9-77(8)63-55-47-39-29-25-21-17-12-10-11-13-19-23-27-31-42-50-58-66-83(88)100-79(70-94-81(86)64-56-48-40-30-26-22-18-15-14-16-20-24-28-36-44-52-60-74(2)3)72-98-102(90,91)96-68-78(85)69-97-103(92,93)99-73-80(101-84(89)67-59-51-43-35-33-38-46-54-62-76(6)7)71-95-82(87)65-57-49-41-34-32-37-45-53-61-75(4)5/h74-80,85H,9-73H2,1-8H3,(H,90,91)(H,92,93)/t77?,78?,79-,80-/m1/s1. The number of esters is 4. The van der Waals surface area contributed by atoms with Gasteiger partial charge in [0, 0.05) is 25.7 Å². The van der Waals surface area contributed by atoms with Gasteiger partial charge in [-0.15, -0.1) is 0 Å². The molecule has 0 rings (SSSR count). The van der Waals surface area contributed by atoms with Crippen LogP contribution in [0.15, 0.2) is 0 Å². The number of aliphatic hydroxyl groups excluding tert-OH is 1. The van der Waals surface area contributed by atoms with Crippen LogP contribution in [0.5, 0.6) is 0 Å². The van der Waals surface area contributed by atoms with Crippen molar-refractivity contribution in [2.75, 3.05) is 39.6 Å². The van der Waals surface area contributed by atoms with Crippen LogP contribution in [0.4, 0.5) is 0 Å². The van der Waals surface area contributed by atoms with E-state index < -0.39 is 97.5 Å². The second-order valence-corrected chi connectivity index (χ2v) is 34.8. The zero-order valence-electron chi connectivity index (χ0n) is 68.0. The van der Waals surface area contributed by atoms with Crippen LogP contribution in [0.25, 0.3) is 0 Å². The second kappa shape index (κ2) is 72.9. The number of carbonyl (C=O) groups is 4. The molecule has 0 aliphatic carbocycles. The molecule has 103 heavy (non-hydrogen) atoms. The summed E-state index contributed by atoms with van der Waals surface area (Å²) in [4.78, 5) is 73.1. The number of rotatable bonds is 81. The first-order valence-corrected chi connectivity index (χ1v) is 46.2. The fourth-order valence-corrected chi connectivity index (χ4v) is 14.5. The molecule has 0 spiro atoms. The van der Waals surface area contributed by atoms with Gasteiger partial charge in [-0.05, 0) is 49.4 Å². The first-order chi connectivity index (χ1) is 49.6. The van der Waals surface area contributed by atoms with Crippen LogP contribution in [0.2, 0.25) is 0 Å². The van der Waals surface area contributed by atoms with Crippen molar-refractivity contribution >= 4 is 39.5 Å². The van der Waals surface area contributed by atoms with Crippen molar-refractivity contribution in [3.05, 3.63) is 0 Å². The number of unbranched alkanes of at least 4 members (excludes halogenated alkanes) is 46. The lowest BCUT2D eigenvalue weighted by atomic mass is 9.99. The fourth-order valence-electron chi connectivity index (χ4n) is 12.9. The normalized spacial score (nSPS) is 14.2. The SMILES string of the molecule is CCC(C)CCCCCCCCCCCCCCCCCCCCC(=O)O[C@H](COC(=O)CCCCCCCCCCCCCCCCCCC(C)C)COP(=O)(O)OCC(O)COP(=O)(O)OC[C@@H](COC(=O)CCCCCCCCCCC(C)C)OC(=O)CCCCCCCCCCC(C)C. The van der Waals surface area contributed by atoms with Gasteiger partial charge in [-0.2, -0.15) is 0 Å². The number of aliphatic hydroxyl groups is 1. The summed E-state index contributed by atoms with van der Waals surface area (Å²) < 4.78 is 68.8. The third-order valence-corrected chi connectivity index (χ3v) is 21.8. The van der Waals surface area contributed by atoms with Gasteiger partial charge in [0.05, 0.1) is 26.4 Å². The first kappa shape index (κ1) is 101. The lowest BCUT2D eigenvalue weighted by molar-refractivity contribution is -0.161. The van der Waals surface area contributed by atoms with Crippen molar-refractivity contribution in [1.29, 1.82) is 0 Å². The Labute approximate surface area is 632 Å². The maximum atomic E-state index is 13.1. The number of hydrogen-bond acceptors (Lipinski definition) is 15. The molecule has 612 valence electrons. The Bertz CT molecular complexity index is 2010. The molecular weight excluding hydrogens is 1340 g/mol. The van der Waals surface area contributed by atoms with Crippen LogP contribution >= 0.6 is 15.6 Å². The van der Waals surface area contributed by atoms with E-state index in [0.29, 0.717) is 25.7 Å². The van der Waals surface area contributed by atoms with Crippen molar-refractivity contribution < 1.29 is 80.2 Å². The molecule has 0 aromatic heterocycles. The van der Waals surface area contributed by atoms with E-state index >= 15 is 0 Å². The minimum atomic E-state index is -4.97. The molecule has 6 atom stereocenters. The molecule has 0 aromatic carbocycles. The summed E-state index contributed by atoms with van der Waals surface area (Å²) in [6, 6.07) is 0. The molecule has 0 aliphatic heterocycles. The minimum Gasteiger partial charge on any atom is -0.462 e. The third kappa shape index (κ3) is 76.6. The topological polar surface area (TPSA) is 237 Å².